The molecule has 0 aromatic heterocycles. The zero-order valence-corrected chi connectivity index (χ0v) is 14.5. The molecule has 0 spiro atoms. The van der Waals surface area contributed by atoms with E-state index in [0.29, 0.717) is 6.42 Å². The van der Waals surface area contributed by atoms with Gasteiger partial charge in [0.25, 0.3) is 0 Å². The maximum atomic E-state index is 11.7. The first-order chi connectivity index (χ1) is 11.0. The predicted molar refractivity (Wildman–Crippen MR) is 89.0 cm³/mol. The van der Waals surface area contributed by atoms with Gasteiger partial charge in [-0.2, -0.15) is 0 Å². The van der Waals surface area contributed by atoms with Gasteiger partial charge in [-0.3, -0.25) is 4.79 Å². The lowest BCUT2D eigenvalue weighted by Gasteiger charge is -2.23. The monoisotopic (exact) mass is 330 g/mol. The van der Waals surface area contributed by atoms with E-state index in [2.05, 4.69) is 0 Å². The number of cyclic esters (lactones) is 1. The third kappa shape index (κ3) is 9.28. The summed E-state index contributed by atoms with van der Waals surface area (Å²) in [5.74, 6) is -0.348. The van der Waals surface area contributed by atoms with E-state index in [-0.39, 0.29) is 24.9 Å². The maximum absolute atomic E-state index is 11.7. The minimum atomic E-state index is -1.20. The van der Waals surface area contributed by atoms with Crippen LogP contribution in [-0.2, 0) is 9.53 Å². The summed E-state index contributed by atoms with van der Waals surface area (Å²) in [7, 11) is 0. The smallest absolute Gasteiger partial charge is 0.306 e. The third-order valence-electron chi connectivity index (χ3n) is 4.63. The molecule has 0 aromatic rings. The van der Waals surface area contributed by atoms with Crippen molar-refractivity contribution in [3.63, 3.8) is 0 Å². The van der Waals surface area contributed by atoms with E-state index in [0.717, 1.165) is 32.1 Å². The summed E-state index contributed by atoms with van der Waals surface area (Å²) in [6, 6.07) is 0. The Morgan fingerprint density at radius 1 is 0.783 bits per heavy atom. The van der Waals surface area contributed by atoms with E-state index in [4.69, 9.17) is 4.74 Å². The summed E-state index contributed by atoms with van der Waals surface area (Å²) in [6.45, 7) is 1.89. The lowest BCUT2D eigenvalue weighted by atomic mass is 9.98. The topological polar surface area (TPSA) is 87.0 Å². The van der Waals surface area contributed by atoms with Gasteiger partial charge in [0.15, 0.2) is 0 Å². The largest absolute Gasteiger partial charge is 0.463 e. The fourth-order valence-corrected chi connectivity index (χ4v) is 3.05. The summed E-state index contributed by atoms with van der Waals surface area (Å²) in [5, 5.41) is 29.8. The van der Waals surface area contributed by atoms with Crippen LogP contribution in [0, 0.1) is 0 Å². The van der Waals surface area contributed by atoms with Gasteiger partial charge in [0.05, 0.1) is 18.3 Å². The van der Waals surface area contributed by atoms with Crippen molar-refractivity contribution in [1.29, 1.82) is 0 Å². The van der Waals surface area contributed by atoms with E-state index in [9.17, 15) is 20.1 Å². The van der Waals surface area contributed by atoms with E-state index >= 15 is 0 Å². The molecule has 1 aliphatic heterocycles. The Labute approximate surface area is 140 Å². The van der Waals surface area contributed by atoms with E-state index < -0.39 is 18.3 Å². The number of aliphatic hydroxyl groups is 3. The Hall–Kier alpha value is -0.650. The van der Waals surface area contributed by atoms with Gasteiger partial charge in [-0.1, -0.05) is 44.9 Å². The number of carbonyl (C=O) groups excluding carboxylic acids is 1. The summed E-state index contributed by atoms with van der Waals surface area (Å²) in [4.78, 5) is 11.7. The van der Waals surface area contributed by atoms with Gasteiger partial charge in [0, 0.05) is 6.42 Å². The highest BCUT2D eigenvalue weighted by Crippen LogP contribution is 2.17. The van der Waals surface area contributed by atoms with Crippen molar-refractivity contribution in [3.05, 3.63) is 0 Å². The number of aliphatic hydroxyl groups excluding tert-OH is 3. The molecule has 5 heteroatoms. The van der Waals surface area contributed by atoms with Crippen LogP contribution in [0.15, 0.2) is 0 Å². The molecule has 4 atom stereocenters. The molecule has 0 radical (unpaired) electrons. The van der Waals surface area contributed by atoms with Crippen molar-refractivity contribution in [2.45, 2.75) is 108 Å². The van der Waals surface area contributed by atoms with Crippen LogP contribution < -0.4 is 0 Å². The highest BCUT2D eigenvalue weighted by atomic mass is 16.5. The van der Waals surface area contributed by atoms with E-state index in [1.165, 1.54) is 25.7 Å². The molecular weight excluding hydrogens is 296 g/mol. The molecule has 1 heterocycles. The van der Waals surface area contributed by atoms with E-state index in [1.54, 1.807) is 0 Å². The second-order valence-electron chi connectivity index (χ2n) is 6.87. The molecule has 0 aliphatic carbocycles. The maximum Gasteiger partial charge on any atom is 0.306 e. The molecule has 1 rings (SSSR count). The highest BCUT2D eigenvalue weighted by molar-refractivity contribution is 5.69. The number of ether oxygens (including phenoxy) is 1. The van der Waals surface area contributed by atoms with Crippen LogP contribution in [0.3, 0.4) is 0 Å². The number of hydrogen-bond donors (Lipinski definition) is 3. The molecule has 1 saturated heterocycles. The second kappa shape index (κ2) is 11.8. The molecule has 5 nitrogen and oxygen atoms in total. The first kappa shape index (κ1) is 20.4. The van der Waals surface area contributed by atoms with Crippen LogP contribution in [0.2, 0.25) is 0 Å². The first-order valence-electron chi connectivity index (χ1n) is 9.24. The van der Waals surface area contributed by atoms with Gasteiger partial charge in [0.2, 0.25) is 0 Å². The predicted octanol–water partition coefficient (Wildman–Crippen LogP) is 2.70. The van der Waals surface area contributed by atoms with Crippen LogP contribution in [0.25, 0.3) is 0 Å². The van der Waals surface area contributed by atoms with Crippen LogP contribution in [0.5, 0.6) is 0 Å². The number of carbonyl (C=O) groups is 1. The minimum absolute atomic E-state index is 0.0648. The van der Waals surface area contributed by atoms with Gasteiger partial charge in [-0.05, 0) is 32.6 Å². The normalized spacial score (nSPS) is 34.2. The van der Waals surface area contributed by atoms with Gasteiger partial charge < -0.3 is 20.1 Å². The fraction of sp³-hybridized carbons (Fsp3) is 0.944. The van der Waals surface area contributed by atoms with Crippen LogP contribution in [0.1, 0.15) is 84.0 Å². The summed E-state index contributed by atoms with van der Waals surface area (Å²) in [5.41, 5.74) is 0. The zero-order valence-electron chi connectivity index (χ0n) is 14.5. The Morgan fingerprint density at radius 3 is 1.87 bits per heavy atom. The second-order valence-corrected chi connectivity index (χ2v) is 6.87. The Morgan fingerprint density at radius 2 is 1.26 bits per heavy atom. The number of esters is 1. The van der Waals surface area contributed by atoms with Crippen LogP contribution in [0.4, 0.5) is 0 Å². The molecule has 0 aromatic carbocycles. The Bertz CT molecular complexity index is 321. The molecule has 0 saturated carbocycles. The van der Waals surface area contributed by atoms with Gasteiger partial charge in [0.1, 0.15) is 6.10 Å². The lowest BCUT2D eigenvalue weighted by Crippen LogP contribution is -2.37. The molecule has 136 valence electrons. The van der Waals surface area contributed by atoms with Crippen molar-refractivity contribution >= 4 is 5.97 Å². The Kier molecular flexibility index (Phi) is 10.5. The van der Waals surface area contributed by atoms with Crippen molar-refractivity contribution in [1.82, 2.24) is 0 Å². The van der Waals surface area contributed by atoms with Crippen molar-refractivity contribution in [2.24, 2.45) is 0 Å². The van der Waals surface area contributed by atoms with Gasteiger partial charge in [-0.25, -0.2) is 0 Å². The average Bonchev–Trinajstić information content (AvgIpc) is 2.52. The fourth-order valence-electron chi connectivity index (χ4n) is 3.05. The molecule has 1 aliphatic rings. The zero-order chi connectivity index (χ0) is 17.1. The molecule has 1 fully saturated rings. The molecule has 23 heavy (non-hydrogen) atoms. The first-order valence-corrected chi connectivity index (χ1v) is 9.24. The van der Waals surface area contributed by atoms with E-state index in [1.807, 2.05) is 6.92 Å². The van der Waals surface area contributed by atoms with Crippen molar-refractivity contribution in [3.8, 4) is 0 Å². The quantitative estimate of drug-likeness (QED) is 0.595. The minimum Gasteiger partial charge on any atom is -0.463 e. The van der Waals surface area contributed by atoms with Crippen molar-refractivity contribution < 1.29 is 24.9 Å². The van der Waals surface area contributed by atoms with Gasteiger partial charge in [-0.15, -0.1) is 0 Å². The average molecular weight is 330 g/mol. The van der Waals surface area contributed by atoms with Crippen molar-refractivity contribution in [2.75, 3.05) is 0 Å². The van der Waals surface area contributed by atoms with Gasteiger partial charge >= 0.3 is 5.97 Å². The standard InChI is InChI=1S/C18H34O5/c1-14-10-8-6-4-2-3-5-7-9-11-15(19)18(22)16(20)12-13-17(21)23-14/h14-16,18-20,22H,2-13H2,1H3/t14-,15+,16+,18-/m0/s1. The highest BCUT2D eigenvalue weighted by Gasteiger charge is 2.25. The third-order valence-corrected chi connectivity index (χ3v) is 4.63. The number of rotatable bonds is 0. The summed E-state index contributed by atoms with van der Waals surface area (Å²) < 4.78 is 5.31. The molecule has 0 amide bonds. The molecular formula is C18H34O5. The molecule has 3 N–H and O–H groups in total. The lowest BCUT2D eigenvalue weighted by molar-refractivity contribution is -0.150. The summed E-state index contributed by atoms with van der Waals surface area (Å²) >= 11 is 0. The molecule has 0 unspecified atom stereocenters. The Balaban J connectivity index is 2.46. The molecule has 0 bridgehead atoms. The summed E-state index contributed by atoms with van der Waals surface area (Å²) in [6.07, 6.45) is 7.14. The number of hydrogen-bond acceptors (Lipinski definition) is 5. The SMILES string of the molecule is C[C@H]1CCCCCCCCCC[C@@H](O)[C@H](O)[C@H](O)CCC(=O)O1. The van der Waals surface area contributed by atoms with Crippen LogP contribution >= 0.6 is 0 Å². The van der Waals surface area contributed by atoms with Crippen LogP contribution in [-0.4, -0.2) is 45.7 Å².